The lowest BCUT2D eigenvalue weighted by Crippen LogP contribution is -2.47. The molecule has 26 heavy (non-hydrogen) atoms. The van der Waals surface area contributed by atoms with E-state index in [0.29, 0.717) is 17.2 Å². The van der Waals surface area contributed by atoms with Gasteiger partial charge in [-0.3, -0.25) is 0 Å². The Morgan fingerprint density at radius 1 is 1.15 bits per heavy atom. The van der Waals surface area contributed by atoms with E-state index in [4.69, 9.17) is 26.4 Å². The van der Waals surface area contributed by atoms with Crippen molar-refractivity contribution in [1.82, 2.24) is 14.8 Å². The van der Waals surface area contributed by atoms with Gasteiger partial charge in [-0.25, -0.2) is 0 Å². The van der Waals surface area contributed by atoms with E-state index in [1.165, 1.54) is 5.69 Å². The van der Waals surface area contributed by atoms with Crippen molar-refractivity contribution in [3.63, 3.8) is 0 Å². The van der Waals surface area contributed by atoms with E-state index in [2.05, 4.69) is 33.1 Å². The number of hydrogen-bond donors (Lipinski definition) is 1. The van der Waals surface area contributed by atoms with Crippen molar-refractivity contribution in [2.75, 3.05) is 34.4 Å². The van der Waals surface area contributed by atoms with E-state index in [1.807, 2.05) is 19.1 Å². The summed E-state index contributed by atoms with van der Waals surface area (Å²) in [6.07, 6.45) is 2.11. The fourth-order valence-corrected chi connectivity index (χ4v) is 3.81. The second-order valence-electron chi connectivity index (χ2n) is 6.02. The molecule has 2 aromatic rings. The number of aromatic nitrogens is 1. The van der Waals surface area contributed by atoms with Crippen LogP contribution in [-0.2, 0) is 6.54 Å². The minimum Gasteiger partial charge on any atom is -0.493 e. The van der Waals surface area contributed by atoms with Crippen LogP contribution in [0.15, 0.2) is 30.5 Å². The molecular formula is C19H25N3O3S. The molecule has 7 heteroatoms. The molecule has 3 rings (SSSR count). The lowest BCUT2D eigenvalue weighted by Gasteiger charge is -2.39. The number of ether oxygens (including phenoxy) is 3. The summed E-state index contributed by atoms with van der Waals surface area (Å²) in [4.78, 5) is 2.22. The van der Waals surface area contributed by atoms with Crippen molar-refractivity contribution in [1.29, 1.82) is 0 Å². The van der Waals surface area contributed by atoms with Gasteiger partial charge in [-0.2, -0.15) is 0 Å². The minimum atomic E-state index is -0.0287. The summed E-state index contributed by atoms with van der Waals surface area (Å²) < 4.78 is 18.8. The maximum Gasteiger partial charge on any atom is 0.203 e. The first-order valence-corrected chi connectivity index (χ1v) is 9.04. The van der Waals surface area contributed by atoms with Gasteiger partial charge < -0.3 is 29.0 Å². The van der Waals surface area contributed by atoms with Crippen molar-refractivity contribution < 1.29 is 14.2 Å². The van der Waals surface area contributed by atoms with Crippen molar-refractivity contribution in [3.05, 3.63) is 41.7 Å². The van der Waals surface area contributed by atoms with Crippen LogP contribution in [-0.4, -0.2) is 49.0 Å². The molecule has 1 aliphatic rings. The van der Waals surface area contributed by atoms with E-state index in [1.54, 1.807) is 21.3 Å². The summed E-state index contributed by atoms with van der Waals surface area (Å²) in [6.45, 7) is 4.56. The Balaban J connectivity index is 2.13. The van der Waals surface area contributed by atoms with Crippen LogP contribution in [0.4, 0.5) is 0 Å². The zero-order valence-corrected chi connectivity index (χ0v) is 16.4. The first-order valence-electron chi connectivity index (χ1n) is 8.64. The van der Waals surface area contributed by atoms with Crippen LogP contribution in [0.2, 0.25) is 0 Å². The van der Waals surface area contributed by atoms with Crippen LogP contribution in [0.25, 0.3) is 0 Å². The monoisotopic (exact) mass is 375 g/mol. The molecule has 0 radical (unpaired) electrons. The number of nitrogens with zero attached hydrogens (tertiary/aromatic N) is 2. The highest BCUT2D eigenvalue weighted by molar-refractivity contribution is 7.80. The SMILES string of the molecule is CCNC(=S)N1CCn2cccc2C1c1cc(OC)c(OC)c(OC)c1. The van der Waals surface area contributed by atoms with Gasteiger partial charge in [-0.15, -0.1) is 0 Å². The fourth-order valence-electron chi connectivity index (χ4n) is 3.46. The molecule has 140 valence electrons. The molecule has 0 fully saturated rings. The highest BCUT2D eigenvalue weighted by Crippen LogP contribution is 2.43. The Hall–Kier alpha value is -2.41. The molecule has 1 aromatic carbocycles. The summed E-state index contributed by atoms with van der Waals surface area (Å²) in [5.41, 5.74) is 2.23. The van der Waals surface area contributed by atoms with Crippen LogP contribution in [0.5, 0.6) is 17.2 Å². The Bertz CT molecular complexity index is 765. The number of methoxy groups -OCH3 is 3. The van der Waals surface area contributed by atoms with Gasteiger partial charge in [-0.05, 0) is 49.0 Å². The van der Waals surface area contributed by atoms with Crippen molar-refractivity contribution in [2.45, 2.75) is 19.5 Å². The summed E-state index contributed by atoms with van der Waals surface area (Å²) in [6, 6.07) is 8.17. The van der Waals surface area contributed by atoms with Crippen molar-refractivity contribution in [3.8, 4) is 17.2 Å². The lowest BCUT2D eigenvalue weighted by atomic mass is 9.99. The van der Waals surface area contributed by atoms with Crippen LogP contribution in [0.1, 0.15) is 24.2 Å². The predicted octanol–water partition coefficient (Wildman–Crippen LogP) is 2.81. The lowest BCUT2D eigenvalue weighted by molar-refractivity contribution is 0.282. The molecule has 0 bridgehead atoms. The number of benzene rings is 1. The van der Waals surface area contributed by atoms with Gasteiger partial charge in [0.25, 0.3) is 0 Å². The Morgan fingerprint density at radius 2 is 1.85 bits per heavy atom. The van der Waals surface area contributed by atoms with Gasteiger partial charge in [-0.1, -0.05) is 0 Å². The fraction of sp³-hybridized carbons (Fsp3) is 0.421. The van der Waals surface area contributed by atoms with Gasteiger partial charge in [0.2, 0.25) is 5.75 Å². The molecule has 1 N–H and O–H groups in total. The number of thiocarbonyl (C=S) groups is 1. The zero-order valence-electron chi connectivity index (χ0n) is 15.6. The molecule has 6 nitrogen and oxygen atoms in total. The van der Waals surface area contributed by atoms with Gasteiger partial charge in [0.05, 0.1) is 27.4 Å². The Kier molecular flexibility index (Phi) is 5.56. The van der Waals surface area contributed by atoms with Crippen LogP contribution in [0.3, 0.4) is 0 Å². The topological polar surface area (TPSA) is 47.9 Å². The van der Waals surface area contributed by atoms with E-state index in [-0.39, 0.29) is 6.04 Å². The van der Waals surface area contributed by atoms with E-state index >= 15 is 0 Å². The van der Waals surface area contributed by atoms with Gasteiger partial charge in [0.15, 0.2) is 16.6 Å². The van der Waals surface area contributed by atoms with Crippen molar-refractivity contribution in [2.24, 2.45) is 0 Å². The van der Waals surface area contributed by atoms with E-state index in [0.717, 1.165) is 30.3 Å². The molecule has 0 saturated heterocycles. The second kappa shape index (κ2) is 7.86. The normalized spacial score (nSPS) is 16.0. The maximum atomic E-state index is 5.64. The molecule has 1 atom stereocenters. The van der Waals surface area contributed by atoms with Crippen LogP contribution in [0, 0.1) is 0 Å². The third kappa shape index (κ3) is 3.19. The quantitative estimate of drug-likeness (QED) is 0.811. The number of hydrogen-bond acceptors (Lipinski definition) is 4. The minimum absolute atomic E-state index is 0.0287. The third-order valence-electron chi connectivity index (χ3n) is 4.63. The molecule has 0 aliphatic carbocycles. The molecule has 0 amide bonds. The summed E-state index contributed by atoms with van der Waals surface area (Å²) >= 11 is 5.64. The van der Waals surface area contributed by atoms with Gasteiger partial charge in [0, 0.05) is 31.5 Å². The standard InChI is InChI=1S/C19H25N3O3S/c1-5-20-19(26)22-10-9-21-8-6-7-14(21)17(22)13-11-15(23-2)18(25-4)16(12-13)24-3/h6-8,11-12,17H,5,9-10H2,1-4H3,(H,20,26). The van der Waals surface area contributed by atoms with E-state index < -0.39 is 0 Å². The van der Waals surface area contributed by atoms with E-state index in [9.17, 15) is 0 Å². The molecule has 2 heterocycles. The third-order valence-corrected chi connectivity index (χ3v) is 5.01. The predicted molar refractivity (Wildman–Crippen MR) is 105 cm³/mol. The average Bonchev–Trinajstić information content (AvgIpc) is 3.14. The largest absolute Gasteiger partial charge is 0.493 e. The first-order chi connectivity index (χ1) is 12.6. The molecule has 0 saturated carbocycles. The zero-order chi connectivity index (χ0) is 18.7. The number of fused-ring (bicyclic) bond motifs is 1. The molecule has 0 spiro atoms. The van der Waals surface area contributed by atoms with Gasteiger partial charge in [0.1, 0.15) is 0 Å². The van der Waals surface area contributed by atoms with Gasteiger partial charge >= 0.3 is 0 Å². The summed E-state index contributed by atoms with van der Waals surface area (Å²) in [7, 11) is 4.87. The molecule has 1 aromatic heterocycles. The summed E-state index contributed by atoms with van der Waals surface area (Å²) in [5.74, 6) is 1.87. The number of rotatable bonds is 5. The molecule has 1 aliphatic heterocycles. The molecule has 1 unspecified atom stereocenters. The van der Waals surface area contributed by atoms with Crippen molar-refractivity contribution >= 4 is 17.3 Å². The second-order valence-corrected chi connectivity index (χ2v) is 6.40. The van der Waals surface area contributed by atoms with Crippen LogP contribution < -0.4 is 19.5 Å². The van der Waals surface area contributed by atoms with Crippen LogP contribution >= 0.6 is 12.2 Å². The maximum absolute atomic E-state index is 5.64. The smallest absolute Gasteiger partial charge is 0.203 e. The highest BCUT2D eigenvalue weighted by atomic mass is 32.1. The highest BCUT2D eigenvalue weighted by Gasteiger charge is 2.32. The summed E-state index contributed by atoms with van der Waals surface area (Å²) in [5, 5.41) is 4.03. The molecular weight excluding hydrogens is 350 g/mol. The number of nitrogens with one attached hydrogen (secondary N) is 1. The Morgan fingerprint density at radius 3 is 2.42 bits per heavy atom. The Labute approximate surface area is 159 Å². The average molecular weight is 375 g/mol. The first kappa shape index (κ1) is 18.4.